The second-order valence-corrected chi connectivity index (χ2v) is 13.8. The van der Waals surface area contributed by atoms with Crippen molar-refractivity contribution < 1.29 is 93.5 Å². The highest BCUT2D eigenvalue weighted by Gasteiger charge is 2.53. The molecule has 1 aromatic rings. The predicted molar refractivity (Wildman–Crippen MR) is 186 cm³/mol. The number of alkyl halides is 1. The second-order valence-electron chi connectivity index (χ2n) is 13.8. The van der Waals surface area contributed by atoms with E-state index < -0.39 is 130 Å². The molecule has 1 aromatic carbocycles. The number of aliphatic hydroxyl groups is 10. The van der Waals surface area contributed by atoms with Gasteiger partial charge in [0.05, 0.1) is 25.7 Å². The summed E-state index contributed by atoms with van der Waals surface area (Å²) in [5.74, 6) is 0.760. The van der Waals surface area contributed by atoms with Gasteiger partial charge in [-0.15, -0.1) is 12.3 Å². The first-order chi connectivity index (χ1) is 26.7. The third kappa shape index (κ3) is 10.8. The fourth-order valence-electron chi connectivity index (χ4n) is 6.54. The Balaban J connectivity index is 1.41. The third-order valence-electron chi connectivity index (χ3n) is 9.81. The van der Waals surface area contributed by atoms with Gasteiger partial charge in [-0.05, 0) is 24.6 Å². The molecule has 3 saturated heterocycles. The molecule has 0 spiro atoms. The van der Waals surface area contributed by atoms with E-state index in [1.807, 2.05) is 6.92 Å². The summed E-state index contributed by atoms with van der Waals surface area (Å²) in [5, 5.41) is 107. The molecule has 3 fully saturated rings. The van der Waals surface area contributed by atoms with E-state index in [0.717, 1.165) is 6.42 Å². The monoisotopic (exact) mass is 805 g/mol. The molecule has 3 aliphatic rings. The Bertz CT molecular complexity index is 1460. The summed E-state index contributed by atoms with van der Waals surface area (Å²) in [6.07, 6.45) is -19.2. The molecule has 316 valence electrons. The highest BCUT2D eigenvalue weighted by atomic mass is 19.1. The summed E-state index contributed by atoms with van der Waals surface area (Å²) in [6, 6.07) is 3.87. The van der Waals surface area contributed by atoms with Gasteiger partial charge >= 0.3 is 0 Å². The van der Waals surface area contributed by atoms with Crippen molar-refractivity contribution in [1.82, 2.24) is 0 Å². The zero-order valence-corrected chi connectivity index (χ0v) is 30.5. The van der Waals surface area contributed by atoms with Crippen molar-refractivity contribution >= 4 is 17.4 Å². The Morgan fingerprint density at radius 2 is 1.34 bits per heavy atom. The molecule has 19 nitrogen and oxygen atoms in total. The van der Waals surface area contributed by atoms with Crippen LogP contribution in [0.25, 0.3) is 0 Å². The first-order valence-electron chi connectivity index (χ1n) is 18.2. The lowest BCUT2D eigenvalue weighted by Crippen LogP contribution is -2.66. The number of halogens is 1. The molecule has 0 saturated carbocycles. The smallest absolute Gasteiger partial charge is 0.229 e. The van der Waals surface area contributed by atoms with Crippen LogP contribution >= 0.6 is 0 Å². The van der Waals surface area contributed by atoms with Gasteiger partial charge in [-0.3, -0.25) is 9.59 Å². The maximum Gasteiger partial charge on any atom is 0.229 e. The van der Waals surface area contributed by atoms with Gasteiger partial charge in [0, 0.05) is 30.5 Å². The summed E-state index contributed by atoms with van der Waals surface area (Å²) in [6.45, 7) is -1.72. The minimum absolute atomic E-state index is 0.00569. The molecule has 7 unspecified atom stereocenters. The van der Waals surface area contributed by atoms with Gasteiger partial charge in [0.1, 0.15) is 91.5 Å². The fraction of sp³-hybridized carbons (Fsp3) is 0.722. The number of ketones is 1. The minimum atomic E-state index is -2.01. The average Bonchev–Trinajstić information content (AvgIpc) is 3.19. The Labute approximate surface area is 321 Å². The summed E-state index contributed by atoms with van der Waals surface area (Å²) in [7, 11) is 0. The van der Waals surface area contributed by atoms with E-state index in [2.05, 4.69) is 11.2 Å². The van der Waals surface area contributed by atoms with Crippen LogP contribution in [0.1, 0.15) is 44.6 Å². The number of hydrogen-bond acceptors (Lipinski definition) is 18. The molecule has 11 N–H and O–H groups in total. The summed E-state index contributed by atoms with van der Waals surface area (Å²) >= 11 is 0. The first kappa shape index (κ1) is 45.7. The number of terminal acetylenes is 1. The van der Waals surface area contributed by atoms with Crippen LogP contribution in [0.4, 0.5) is 10.1 Å². The molecule has 56 heavy (non-hydrogen) atoms. The number of rotatable bonds is 18. The van der Waals surface area contributed by atoms with Crippen LogP contribution in [0.15, 0.2) is 18.2 Å². The lowest BCUT2D eigenvalue weighted by molar-refractivity contribution is -0.376. The second kappa shape index (κ2) is 21.2. The van der Waals surface area contributed by atoms with Gasteiger partial charge in [0.15, 0.2) is 12.6 Å². The van der Waals surface area contributed by atoms with Crippen LogP contribution in [0.5, 0.6) is 5.75 Å². The van der Waals surface area contributed by atoms with E-state index in [-0.39, 0.29) is 35.6 Å². The van der Waals surface area contributed by atoms with E-state index in [9.17, 15) is 65.0 Å². The van der Waals surface area contributed by atoms with Crippen molar-refractivity contribution in [3.63, 3.8) is 0 Å². The number of aliphatic hydroxyl groups excluding tert-OH is 10. The molecule has 16 atom stereocenters. The van der Waals surface area contributed by atoms with Crippen molar-refractivity contribution in [2.75, 3.05) is 25.1 Å². The summed E-state index contributed by atoms with van der Waals surface area (Å²) in [4.78, 5) is 25.3. The number of carbonyl (C=O) groups is 2. The van der Waals surface area contributed by atoms with Crippen molar-refractivity contribution in [3.05, 3.63) is 23.8 Å². The van der Waals surface area contributed by atoms with Crippen molar-refractivity contribution in [1.29, 1.82) is 0 Å². The molecular formula is C36H52FNO18. The Morgan fingerprint density at radius 3 is 1.88 bits per heavy atom. The number of amides is 1. The quantitative estimate of drug-likeness (QED) is 0.0648. The third-order valence-corrected chi connectivity index (χ3v) is 9.81. The Kier molecular flexibility index (Phi) is 17.3. The molecule has 0 aromatic heterocycles. The van der Waals surface area contributed by atoms with Gasteiger partial charge in [-0.2, -0.15) is 0 Å². The fourth-order valence-corrected chi connectivity index (χ4v) is 6.54. The zero-order chi connectivity index (χ0) is 41.3. The van der Waals surface area contributed by atoms with Gasteiger partial charge in [-0.25, -0.2) is 4.39 Å². The van der Waals surface area contributed by atoms with Crippen LogP contribution in [-0.2, 0) is 39.9 Å². The lowest BCUT2D eigenvalue weighted by atomic mass is 9.95. The maximum atomic E-state index is 14.2. The van der Waals surface area contributed by atoms with Gasteiger partial charge in [0.2, 0.25) is 12.2 Å². The molecule has 0 bridgehead atoms. The topological polar surface area (TPSA) is 304 Å². The predicted octanol–water partition coefficient (Wildman–Crippen LogP) is -3.29. The zero-order valence-electron chi connectivity index (χ0n) is 30.5. The number of carbonyl (C=O) groups excluding carboxylic acids is 2. The Morgan fingerprint density at radius 1 is 0.804 bits per heavy atom. The van der Waals surface area contributed by atoms with Gasteiger partial charge < -0.3 is 84.8 Å². The van der Waals surface area contributed by atoms with Gasteiger partial charge in [0.25, 0.3) is 0 Å². The SMILES string of the molecule is C#CCC(CC(=O)CCCC)C(=O)Nc1ccc(O[C@@H]2OC(CO)[C@H](O[C@H]3OC(CO)[C@H](O[C@H]4OC(CO)[C@@H](O)[C@H](O)C4O)[C@H](O)C3O)[C@H](O)C2O)c(CF)c1. The molecule has 20 heteroatoms. The molecule has 1 amide bonds. The van der Waals surface area contributed by atoms with E-state index in [1.165, 1.54) is 18.2 Å². The Hall–Kier alpha value is -2.95. The highest BCUT2D eigenvalue weighted by molar-refractivity contribution is 5.95. The van der Waals surface area contributed by atoms with E-state index in [1.54, 1.807) is 0 Å². The molecule has 0 aliphatic carbocycles. The molecule has 3 heterocycles. The van der Waals surface area contributed by atoms with Crippen LogP contribution in [-0.4, -0.2) is 175 Å². The van der Waals surface area contributed by atoms with E-state index in [0.29, 0.717) is 12.8 Å². The maximum absolute atomic E-state index is 14.2. The number of Topliss-reactive ketones (excluding diaryl/α,β-unsaturated/α-hetero) is 1. The molecular weight excluding hydrogens is 753 g/mol. The van der Waals surface area contributed by atoms with Crippen LogP contribution < -0.4 is 10.1 Å². The summed E-state index contributed by atoms with van der Waals surface area (Å²) < 4.78 is 47.6. The normalized spacial score (nSPS) is 36.7. The number of benzene rings is 1. The van der Waals surface area contributed by atoms with Crippen molar-refractivity contribution in [2.45, 2.75) is 138 Å². The van der Waals surface area contributed by atoms with Crippen LogP contribution in [0.2, 0.25) is 0 Å². The molecule has 3 aliphatic heterocycles. The number of hydrogen-bond donors (Lipinski definition) is 11. The standard InChI is InChI=1S/C36H52FNO18/c1-3-5-7-19(42)11-16(6-4-2)33(50)38-18-8-9-20(17(10-18)12-37)51-34-29(48)26(45)31(22(14-40)53-34)56-36-30(49)27(46)32(23(15-41)54-36)55-35-28(47)25(44)24(43)21(13-39)52-35/h2,8-10,16,21-32,34-36,39-41,43-49H,3,5-7,11-15H2,1H3,(H,38,50)/t16?,21?,22?,23?,24-,25+,26-,27-,28?,29?,30?,31+,32+,34-,35-,36-/m1/s1. The van der Waals surface area contributed by atoms with Crippen molar-refractivity contribution in [2.24, 2.45) is 5.92 Å². The molecule has 0 radical (unpaired) electrons. The highest BCUT2D eigenvalue weighted by Crippen LogP contribution is 2.34. The number of anilines is 1. The van der Waals surface area contributed by atoms with Crippen molar-refractivity contribution in [3.8, 4) is 18.1 Å². The first-order valence-corrected chi connectivity index (χ1v) is 18.2. The number of ether oxygens (including phenoxy) is 6. The number of unbranched alkanes of at least 4 members (excludes halogenated alkanes) is 1. The number of nitrogens with one attached hydrogen (secondary N) is 1. The van der Waals surface area contributed by atoms with Crippen LogP contribution in [0, 0.1) is 18.3 Å². The summed E-state index contributed by atoms with van der Waals surface area (Å²) in [5.41, 5.74) is 0.0443. The van der Waals surface area contributed by atoms with E-state index in [4.69, 9.17) is 34.8 Å². The minimum Gasteiger partial charge on any atom is -0.462 e. The average molecular weight is 806 g/mol. The lowest BCUT2D eigenvalue weighted by Gasteiger charge is -2.48. The van der Waals surface area contributed by atoms with Gasteiger partial charge in [-0.1, -0.05) is 13.3 Å². The largest absolute Gasteiger partial charge is 0.462 e. The van der Waals surface area contributed by atoms with E-state index >= 15 is 0 Å². The van der Waals surface area contributed by atoms with Crippen LogP contribution in [0.3, 0.4) is 0 Å². The molecule has 4 rings (SSSR count).